The van der Waals surface area contributed by atoms with Crippen LogP contribution in [0.3, 0.4) is 0 Å². The van der Waals surface area contributed by atoms with Gasteiger partial charge in [-0.1, -0.05) is 28.4 Å². The Hall–Kier alpha value is -4.10. The molecule has 2 fully saturated rings. The number of aromatic nitrogens is 3. The molecule has 3 N–H and O–H groups in total. The number of nitrogens with one attached hydrogen (secondary N) is 1. The molecule has 0 spiro atoms. The van der Waals surface area contributed by atoms with Crippen molar-refractivity contribution in [3.63, 3.8) is 0 Å². The first-order chi connectivity index (χ1) is 19.9. The standard InChI is InChI=1S/C27H26Cl2F2N8O3/c1-33-11-16-7-18(3-4-19(16)32)34-26(42)22(6-15-9-27(30,31)10-15)38-14-24(40)37(13-25(38)41)21-8-17(28)2-5-20(21)39-12-23(29)35-36-39/h2-5,7-8,11-12,15,22H,6,9-10,13-14,32H2,1H3,(H,34,42). The number of nitrogens with two attached hydrogens (primary N) is 1. The quantitative estimate of drug-likeness (QED) is 0.291. The van der Waals surface area contributed by atoms with Crippen LogP contribution in [0, 0.1) is 5.92 Å². The topological polar surface area (TPSA) is 139 Å². The van der Waals surface area contributed by atoms with Crippen LogP contribution in [-0.4, -0.2) is 75.9 Å². The molecule has 220 valence electrons. The molecule has 11 nitrogen and oxygen atoms in total. The second kappa shape index (κ2) is 11.6. The van der Waals surface area contributed by atoms with Gasteiger partial charge in [-0.05, 0) is 48.7 Å². The molecule has 3 aromatic rings. The zero-order valence-corrected chi connectivity index (χ0v) is 23.8. The first-order valence-electron chi connectivity index (χ1n) is 12.9. The molecule has 1 aromatic heterocycles. The van der Waals surface area contributed by atoms with Crippen LogP contribution < -0.4 is 16.0 Å². The van der Waals surface area contributed by atoms with Gasteiger partial charge in [0.15, 0.2) is 5.15 Å². The molecule has 1 unspecified atom stereocenters. The fourth-order valence-electron chi connectivity index (χ4n) is 5.18. The molecule has 42 heavy (non-hydrogen) atoms. The van der Waals surface area contributed by atoms with Crippen molar-refractivity contribution < 1.29 is 23.2 Å². The summed E-state index contributed by atoms with van der Waals surface area (Å²) in [6.45, 7) is -0.877. The number of hydrogen-bond acceptors (Lipinski definition) is 7. The van der Waals surface area contributed by atoms with E-state index >= 15 is 0 Å². The van der Waals surface area contributed by atoms with Gasteiger partial charge in [0.25, 0.3) is 0 Å². The molecule has 1 aliphatic heterocycles. The number of benzene rings is 2. The molecule has 0 bridgehead atoms. The number of carbonyl (C=O) groups is 3. The summed E-state index contributed by atoms with van der Waals surface area (Å²) in [6, 6.07) is 8.30. The Morgan fingerprint density at radius 2 is 1.93 bits per heavy atom. The van der Waals surface area contributed by atoms with Crippen LogP contribution in [-0.2, 0) is 14.4 Å². The van der Waals surface area contributed by atoms with Gasteiger partial charge in [-0.3, -0.25) is 24.3 Å². The average Bonchev–Trinajstić information content (AvgIpc) is 3.35. The molecule has 1 atom stereocenters. The molecule has 1 saturated carbocycles. The van der Waals surface area contributed by atoms with E-state index < -0.39 is 61.5 Å². The van der Waals surface area contributed by atoms with E-state index in [1.165, 1.54) is 28.1 Å². The Labute approximate surface area is 249 Å². The predicted molar refractivity (Wildman–Crippen MR) is 155 cm³/mol. The van der Waals surface area contributed by atoms with Crippen LogP contribution in [0.5, 0.6) is 0 Å². The number of halogens is 4. The molecule has 1 saturated heterocycles. The summed E-state index contributed by atoms with van der Waals surface area (Å²) in [5.41, 5.74) is 8.03. The lowest BCUT2D eigenvalue weighted by molar-refractivity contribution is -0.148. The van der Waals surface area contributed by atoms with Crippen molar-refractivity contribution in [3.8, 4) is 5.69 Å². The Morgan fingerprint density at radius 3 is 2.60 bits per heavy atom. The molecule has 2 heterocycles. The average molecular weight is 619 g/mol. The van der Waals surface area contributed by atoms with Gasteiger partial charge in [0, 0.05) is 48.1 Å². The molecule has 15 heteroatoms. The highest BCUT2D eigenvalue weighted by atomic mass is 35.5. The normalized spacial score (nSPS) is 17.9. The minimum absolute atomic E-state index is 0.0292. The summed E-state index contributed by atoms with van der Waals surface area (Å²) in [5.74, 6) is -4.97. The summed E-state index contributed by atoms with van der Waals surface area (Å²) in [6.07, 6.45) is 2.13. The largest absolute Gasteiger partial charge is 0.398 e. The summed E-state index contributed by atoms with van der Waals surface area (Å²) in [7, 11) is 1.57. The van der Waals surface area contributed by atoms with Crippen LogP contribution in [0.2, 0.25) is 10.2 Å². The molecule has 0 radical (unpaired) electrons. The molecule has 2 aliphatic rings. The van der Waals surface area contributed by atoms with E-state index in [4.69, 9.17) is 28.9 Å². The smallest absolute Gasteiger partial charge is 0.248 e. The summed E-state index contributed by atoms with van der Waals surface area (Å²) in [5, 5.41) is 10.9. The summed E-state index contributed by atoms with van der Waals surface area (Å²) in [4.78, 5) is 46.9. The Morgan fingerprint density at radius 1 is 1.17 bits per heavy atom. The molecular weight excluding hydrogens is 593 g/mol. The van der Waals surface area contributed by atoms with Crippen molar-refractivity contribution in [2.24, 2.45) is 10.9 Å². The van der Waals surface area contributed by atoms with Crippen LogP contribution in [0.15, 0.2) is 47.6 Å². The van der Waals surface area contributed by atoms with Crippen molar-refractivity contribution in [2.45, 2.75) is 31.2 Å². The van der Waals surface area contributed by atoms with Gasteiger partial charge in [0.2, 0.25) is 23.6 Å². The van der Waals surface area contributed by atoms with E-state index in [0.29, 0.717) is 27.6 Å². The third kappa shape index (κ3) is 6.21. The van der Waals surface area contributed by atoms with Gasteiger partial charge in [-0.25, -0.2) is 13.5 Å². The minimum Gasteiger partial charge on any atom is -0.398 e. The maximum atomic E-state index is 13.7. The van der Waals surface area contributed by atoms with Crippen LogP contribution in [0.25, 0.3) is 5.69 Å². The van der Waals surface area contributed by atoms with Crippen molar-refractivity contribution in [1.82, 2.24) is 19.9 Å². The number of hydrogen-bond donors (Lipinski definition) is 2. The number of piperazine rings is 1. The Kier molecular flexibility index (Phi) is 8.15. The zero-order valence-electron chi connectivity index (χ0n) is 22.3. The molecule has 2 aromatic carbocycles. The van der Waals surface area contributed by atoms with E-state index in [9.17, 15) is 23.2 Å². The molecule has 5 rings (SSSR count). The van der Waals surface area contributed by atoms with Crippen molar-refractivity contribution in [2.75, 3.05) is 36.1 Å². The third-order valence-electron chi connectivity index (χ3n) is 7.19. The molecular formula is C27H26Cl2F2N8O3. The maximum Gasteiger partial charge on any atom is 0.248 e. The second-order valence-corrected chi connectivity index (χ2v) is 11.0. The number of alkyl halides is 2. The summed E-state index contributed by atoms with van der Waals surface area (Å²) >= 11 is 12.1. The molecule has 1 aliphatic carbocycles. The number of nitrogen functional groups attached to an aromatic ring is 1. The third-order valence-corrected chi connectivity index (χ3v) is 7.60. The minimum atomic E-state index is -2.82. The van der Waals surface area contributed by atoms with E-state index in [1.807, 2.05) is 0 Å². The van der Waals surface area contributed by atoms with Crippen molar-refractivity contribution >= 4 is 64.2 Å². The van der Waals surface area contributed by atoms with E-state index in [-0.39, 0.29) is 17.3 Å². The van der Waals surface area contributed by atoms with Gasteiger partial charge < -0.3 is 16.0 Å². The van der Waals surface area contributed by atoms with E-state index in [2.05, 4.69) is 20.6 Å². The van der Waals surface area contributed by atoms with Crippen LogP contribution in [0.1, 0.15) is 24.8 Å². The first kappa shape index (κ1) is 29.4. The van der Waals surface area contributed by atoms with Crippen LogP contribution >= 0.6 is 23.2 Å². The Bertz CT molecular complexity index is 1570. The van der Waals surface area contributed by atoms with E-state index in [1.54, 1.807) is 37.4 Å². The van der Waals surface area contributed by atoms with Gasteiger partial charge in [-0.2, -0.15) is 0 Å². The fourth-order valence-corrected chi connectivity index (χ4v) is 5.47. The maximum absolute atomic E-state index is 13.7. The highest BCUT2D eigenvalue weighted by Crippen LogP contribution is 2.45. The number of nitrogens with zero attached hydrogens (tertiary/aromatic N) is 6. The van der Waals surface area contributed by atoms with E-state index in [0.717, 1.165) is 4.90 Å². The second-order valence-electron chi connectivity index (χ2n) is 10.2. The van der Waals surface area contributed by atoms with Gasteiger partial charge in [0.1, 0.15) is 19.1 Å². The number of amides is 3. The van der Waals surface area contributed by atoms with Gasteiger partial charge in [-0.15, -0.1) is 5.10 Å². The summed E-state index contributed by atoms with van der Waals surface area (Å²) < 4.78 is 28.7. The lowest BCUT2D eigenvalue weighted by Gasteiger charge is -2.42. The lowest BCUT2D eigenvalue weighted by Crippen LogP contribution is -2.60. The zero-order chi connectivity index (χ0) is 30.2. The SMILES string of the molecule is CN=Cc1cc(NC(=O)C(CC2CC(F)(F)C2)N2CC(=O)N(c3cc(Cl)ccc3-n3cc(Cl)nn3)CC2=O)ccc1N. The number of anilines is 3. The van der Waals surface area contributed by atoms with Gasteiger partial charge >= 0.3 is 0 Å². The van der Waals surface area contributed by atoms with Crippen molar-refractivity contribution in [3.05, 3.63) is 58.3 Å². The highest BCUT2D eigenvalue weighted by Gasteiger charge is 2.48. The lowest BCUT2D eigenvalue weighted by atomic mass is 9.77. The molecule has 3 amide bonds. The highest BCUT2D eigenvalue weighted by molar-refractivity contribution is 6.31. The number of aliphatic imine (C=N–C) groups is 1. The fraction of sp³-hybridized carbons (Fsp3) is 0.333. The van der Waals surface area contributed by atoms with Crippen LogP contribution in [0.4, 0.5) is 25.8 Å². The Balaban J connectivity index is 1.41. The first-order valence-corrected chi connectivity index (χ1v) is 13.7. The number of carbonyl (C=O) groups excluding carboxylic acids is 3. The van der Waals surface area contributed by atoms with Gasteiger partial charge in [0.05, 0.1) is 17.6 Å². The number of rotatable bonds is 8. The monoisotopic (exact) mass is 618 g/mol. The predicted octanol–water partition coefficient (Wildman–Crippen LogP) is 3.82. The van der Waals surface area contributed by atoms with Crippen molar-refractivity contribution in [1.29, 1.82) is 0 Å².